The van der Waals surface area contributed by atoms with Gasteiger partial charge in [0.2, 0.25) is 0 Å². The third kappa shape index (κ3) is 3.92. The molecule has 1 heterocycles. The summed E-state index contributed by atoms with van der Waals surface area (Å²) in [5.41, 5.74) is 1.65. The van der Waals surface area contributed by atoms with Crippen LogP contribution in [0.4, 0.5) is 0 Å². The van der Waals surface area contributed by atoms with Crippen LogP contribution in [0.15, 0.2) is 28.9 Å². The zero-order valence-corrected chi connectivity index (χ0v) is 13.7. The first-order valence-corrected chi connectivity index (χ1v) is 7.52. The van der Waals surface area contributed by atoms with Gasteiger partial charge in [0.25, 0.3) is 11.8 Å². The summed E-state index contributed by atoms with van der Waals surface area (Å²) in [6.45, 7) is 1.75. The van der Waals surface area contributed by atoms with Crippen molar-refractivity contribution in [2.75, 3.05) is 27.2 Å². The Hall–Kier alpha value is -1.66. The molecule has 0 aliphatic carbocycles. The lowest BCUT2D eigenvalue weighted by molar-refractivity contribution is -0.114. The zero-order valence-electron chi connectivity index (χ0n) is 12.1. The molecule has 2 rings (SSSR count). The quantitative estimate of drug-likeness (QED) is 0.480. The summed E-state index contributed by atoms with van der Waals surface area (Å²) in [6.07, 6.45) is 2.66. The Balaban J connectivity index is 2.15. The average molecular weight is 352 g/mol. The van der Waals surface area contributed by atoms with Crippen LogP contribution in [0.25, 0.3) is 5.57 Å². The van der Waals surface area contributed by atoms with Crippen molar-refractivity contribution in [2.24, 2.45) is 0 Å². The first kappa shape index (κ1) is 15.7. The van der Waals surface area contributed by atoms with Crippen molar-refractivity contribution >= 4 is 33.3 Å². The Labute approximate surface area is 132 Å². The van der Waals surface area contributed by atoms with Gasteiger partial charge in [-0.3, -0.25) is 14.9 Å². The van der Waals surface area contributed by atoms with E-state index in [2.05, 4.69) is 31.5 Å². The maximum atomic E-state index is 12.0. The first-order chi connectivity index (χ1) is 9.99. The molecule has 0 atom stereocenters. The predicted molar refractivity (Wildman–Crippen MR) is 85.8 cm³/mol. The topological polar surface area (TPSA) is 61.4 Å². The lowest BCUT2D eigenvalue weighted by Crippen LogP contribution is -2.37. The van der Waals surface area contributed by atoms with Crippen LogP contribution in [0.3, 0.4) is 0 Å². The van der Waals surface area contributed by atoms with E-state index in [4.69, 9.17) is 0 Å². The van der Waals surface area contributed by atoms with E-state index >= 15 is 0 Å². The maximum absolute atomic E-state index is 12.0. The van der Waals surface area contributed by atoms with Crippen LogP contribution in [-0.2, 0) is 4.79 Å². The van der Waals surface area contributed by atoms with Gasteiger partial charge < -0.3 is 10.2 Å². The Morgan fingerprint density at radius 3 is 2.71 bits per heavy atom. The summed E-state index contributed by atoms with van der Waals surface area (Å²) < 4.78 is 0.835. The molecule has 1 aromatic carbocycles. The molecule has 1 aromatic rings. The normalized spacial score (nSPS) is 16.1. The fraction of sp³-hybridized carbons (Fsp3) is 0.333. The molecule has 2 N–H and O–H groups in total. The third-order valence-electron chi connectivity index (χ3n) is 3.16. The van der Waals surface area contributed by atoms with E-state index in [1.807, 2.05) is 14.1 Å². The highest BCUT2D eigenvalue weighted by Gasteiger charge is 2.27. The molecule has 0 aromatic heterocycles. The van der Waals surface area contributed by atoms with E-state index in [1.165, 1.54) is 0 Å². The molecule has 112 valence electrons. The SMILES string of the molecule is CN(C)CCCNC=C1C(=O)NC(=O)c2ccc(Br)cc21. The number of benzene rings is 1. The monoisotopic (exact) mass is 351 g/mol. The lowest BCUT2D eigenvalue weighted by Gasteiger charge is -2.18. The van der Waals surface area contributed by atoms with Crippen molar-refractivity contribution in [1.29, 1.82) is 0 Å². The van der Waals surface area contributed by atoms with E-state index in [0.29, 0.717) is 16.7 Å². The minimum Gasteiger partial charge on any atom is -0.390 e. The molecule has 0 saturated carbocycles. The number of nitrogens with zero attached hydrogens (tertiary/aromatic N) is 1. The standard InChI is InChI=1S/C15H18BrN3O2/c1-19(2)7-3-6-17-9-13-12-8-10(16)4-5-11(12)14(20)18-15(13)21/h4-5,8-9,17H,3,6-7H2,1-2H3,(H,18,20,21). The molecule has 0 unspecified atom stereocenters. The fourth-order valence-corrected chi connectivity index (χ4v) is 2.47. The Morgan fingerprint density at radius 2 is 2.00 bits per heavy atom. The smallest absolute Gasteiger partial charge is 0.260 e. The van der Waals surface area contributed by atoms with E-state index in [1.54, 1.807) is 24.4 Å². The molecule has 0 radical (unpaired) electrons. The largest absolute Gasteiger partial charge is 0.390 e. The van der Waals surface area contributed by atoms with E-state index in [9.17, 15) is 9.59 Å². The molecule has 21 heavy (non-hydrogen) atoms. The number of nitrogens with one attached hydrogen (secondary N) is 2. The fourth-order valence-electron chi connectivity index (χ4n) is 2.11. The van der Waals surface area contributed by atoms with Gasteiger partial charge >= 0.3 is 0 Å². The van der Waals surface area contributed by atoms with Crippen molar-refractivity contribution in [3.63, 3.8) is 0 Å². The molecule has 6 heteroatoms. The van der Waals surface area contributed by atoms with Gasteiger partial charge in [0.15, 0.2) is 0 Å². The summed E-state index contributed by atoms with van der Waals surface area (Å²) in [6, 6.07) is 5.29. The second kappa shape index (κ2) is 6.87. The zero-order chi connectivity index (χ0) is 15.4. The number of halogens is 1. The molecular formula is C15H18BrN3O2. The van der Waals surface area contributed by atoms with Crippen LogP contribution < -0.4 is 10.6 Å². The average Bonchev–Trinajstić information content (AvgIpc) is 2.41. The molecule has 1 aliphatic heterocycles. The molecule has 0 spiro atoms. The maximum Gasteiger partial charge on any atom is 0.260 e. The third-order valence-corrected chi connectivity index (χ3v) is 3.65. The number of amides is 2. The van der Waals surface area contributed by atoms with Gasteiger partial charge in [-0.05, 0) is 45.3 Å². The van der Waals surface area contributed by atoms with Crippen LogP contribution in [0.5, 0.6) is 0 Å². The van der Waals surface area contributed by atoms with Crippen LogP contribution in [0.1, 0.15) is 22.3 Å². The van der Waals surface area contributed by atoms with Crippen LogP contribution in [-0.4, -0.2) is 43.9 Å². The van der Waals surface area contributed by atoms with Gasteiger partial charge in [0, 0.05) is 28.3 Å². The second-order valence-electron chi connectivity index (χ2n) is 5.14. The highest BCUT2D eigenvalue weighted by molar-refractivity contribution is 9.10. The van der Waals surface area contributed by atoms with Crippen molar-refractivity contribution in [3.05, 3.63) is 40.0 Å². The van der Waals surface area contributed by atoms with Gasteiger partial charge in [-0.15, -0.1) is 0 Å². The minimum atomic E-state index is -0.370. The molecule has 0 bridgehead atoms. The number of rotatable bonds is 5. The van der Waals surface area contributed by atoms with Gasteiger partial charge in [0.05, 0.1) is 5.57 Å². The molecule has 5 nitrogen and oxygen atoms in total. The minimum absolute atomic E-state index is 0.354. The second-order valence-corrected chi connectivity index (χ2v) is 6.06. The van der Waals surface area contributed by atoms with Gasteiger partial charge in [-0.25, -0.2) is 0 Å². The summed E-state index contributed by atoms with van der Waals surface area (Å²) in [5, 5.41) is 5.49. The number of hydrogen-bond donors (Lipinski definition) is 2. The molecule has 1 aliphatic rings. The predicted octanol–water partition coefficient (Wildman–Crippen LogP) is 1.60. The number of fused-ring (bicyclic) bond motifs is 1. The van der Waals surface area contributed by atoms with Crippen molar-refractivity contribution in [3.8, 4) is 0 Å². The number of hydrogen-bond acceptors (Lipinski definition) is 4. The molecule has 2 amide bonds. The van der Waals surface area contributed by atoms with Gasteiger partial charge in [0.1, 0.15) is 0 Å². The van der Waals surface area contributed by atoms with Crippen molar-refractivity contribution < 1.29 is 9.59 Å². The van der Waals surface area contributed by atoms with E-state index < -0.39 is 0 Å². The highest BCUT2D eigenvalue weighted by Crippen LogP contribution is 2.26. The summed E-state index contributed by atoms with van der Waals surface area (Å²) in [7, 11) is 4.04. The number of imide groups is 1. The number of carbonyl (C=O) groups is 2. The van der Waals surface area contributed by atoms with Crippen molar-refractivity contribution in [1.82, 2.24) is 15.5 Å². The Morgan fingerprint density at radius 1 is 1.24 bits per heavy atom. The summed E-state index contributed by atoms with van der Waals surface area (Å²) in [5.74, 6) is -0.724. The Bertz CT molecular complexity index is 597. The lowest BCUT2D eigenvalue weighted by atomic mass is 9.96. The summed E-state index contributed by atoms with van der Waals surface area (Å²) in [4.78, 5) is 25.9. The van der Waals surface area contributed by atoms with E-state index in [-0.39, 0.29) is 11.8 Å². The van der Waals surface area contributed by atoms with Crippen LogP contribution in [0.2, 0.25) is 0 Å². The summed E-state index contributed by atoms with van der Waals surface area (Å²) >= 11 is 3.37. The van der Waals surface area contributed by atoms with Crippen LogP contribution in [0, 0.1) is 0 Å². The van der Waals surface area contributed by atoms with Gasteiger partial charge in [-0.2, -0.15) is 0 Å². The van der Waals surface area contributed by atoms with Crippen LogP contribution >= 0.6 is 15.9 Å². The first-order valence-electron chi connectivity index (χ1n) is 6.73. The number of carbonyl (C=O) groups excluding carboxylic acids is 2. The molecule has 0 fully saturated rings. The highest BCUT2D eigenvalue weighted by atomic mass is 79.9. The molecule has 0 saturated heterocycles. The molecular weight excluding hydrogens is 334 g/mol. The van der Waals surface area contributed by atoms with Crippen molar-refractivity contribution in [2.45, 2.75) is 6.42 Å². The van der Waals surface area contributed by atoms with E-state index in [0.717, 1.165) is 24.0 Å². The Kier molecular flexibility index (Phi) is 5.14. The van der Waals surface area contributed by atoms with Gasteiger partial charge in [-0.1, -0.05) is 15.9 Å².